The quantitative estimate of drug-likeness (QED) is 0.267. The molecule has 0 saturated heterocycles. The molecule has 0 unspecified atom stereocenters. The van der Waals surface area contributed by atoms with Gasteiger partial charge in [-0.15, -0.1) is 0 Å². The molecule has 0 amide bonds. The van der Waals surface area contributed by atoms with Crippen molar-refractivity contribution in [3.63, 3.8) is 0 Å². The van der Waals surface area contributed by atoms with Crippen LogP contribution in [-0.4, -0.2) is 35.4 Å². The molecule has 5 heavy (non-hydrogen) atoms. The first-order valence-electron chi connectivity index (χ1n) is 1.73. The molecule has 0 radical (unpaired) electrons. The van der Waals surface area contributed by atoms with Crippen molar-refractivity contribution < 1.29 is 0 Å². The molecule has 2 heteroatoms. The van der Waals surface area contributed by atoms with E-state index < -0.39 is 0 Å². The molecular weight excluding hydrogens is 49.9 g/mol. The zero-order valence-corrected chi connectivity index (χ0v) is 3.65. The summed E-state index contributed by atoms with van der Waals surface area (Å²) in [7, 11) is 0. The van der Waals surface area contributed by atoms with Gasteiger partial charge in [0.1, 0.15) is 0 Å². The van der Waals surface area contributed by atoms with Crippen LogP contribution in [0.1, 0.15) is 0 Å². The standard InChI is InChI=1S/C3H2.2Li/c1-3-2;;/h1-2H;;. The van der Waals surface area contributed by atoms with Crippen molar-refractivity contribution in [2.75, 3.05) is 0 Å². The van der Waals surface area contributed by atoms with E-state index in [0.29, 0.717) is 0 Å². The van der Waals surface area contributed by atoms with Gasteiger partial charge in [0.05, 0.1) is 0 Å². The van der Waals surface area contributed by atoms with Gasteiger partial charge in [0.25, 0.3) is 0 Å². The Labute approximate surface area is 50.7 Å². The summed E-state index contributed by atoms with van der Waals surface area (Å²) in [6.07, 6.45) is 0. The predicted molar refractivity (Wildman–Crippen MR) is 24.2 cm³/mol. The summed E-state index contributed by atoms with van der Waals surface area (Å²) in [6.45, 7) is 0. The summed E-state index contributed by atoms with van der Waals surface area (Å²) >= 11 is 3.89. The van der Waals surface area contributed by atoms with Gasteiger partial charge in [-0.2, -0.15) is 0 Å². The molecule has 16 valence electrons. The van der Waals surface area contributed by atoms with Crippen molar-refractivity contribution in [2.24, 2.45) is 0 Å². The molecule has 0 fully saturated rings. The van der Waals surface area contributed by atoms with Crippen LogP contribution >= 0.6 is 0 Å². The Balaban J connectivity index is 3.26. The van der Waals surface area contributed by atoms with E-state index in [4.69, 9.17) is 0 Å². The monoisotopic (exact) mass is 52.0 g/mol. The van der Waals surface area contributed by atoms with Crippen molar-refractivity contribution in [2.45, 2.75) is 0 Å². The average Bonchev–Trinajstić information content (AvgIpc) is 1.41. The number of rotatable bonds is 0. The Morgan fingerprint density at radius 3 is 1.60 bits per heavy atom. The van der Waals surface area contributed by atoms with Gasteiger partial charge >= 0.3 is 50.7 Å². The first-order valence-corrected chi connectivity index (χ1v) is 1.73. The second-order valence-electron chi connectivity index (χ2n) is 0.744. The molecule has 0 aromatic heterocycles. The third-order valence-corrected chi connectivity index (χ3v) is 0.333. The fraction of sp³-hybridized carbons (Fsp3) is 0. The molecule has 0 aliphatic carbocycles. The fourth-order valence-electron chi connectivity index (χ4n) is 0.167. The normalized spacial score (nSPS) is 5.60. The molecule has 0 N–H and O–H groups in total. The van der Waals surface area contributed by atoms with E-state index in [1.54, 1.807) is 0 Å². The van der Waals surface area contributed by atoms with Crippen LogP contribution in [0.15, 0.2) is 15.2 Å². The maximum atomic E-state index is 2.86. The second-order valence-corrected chi connectivity index (χ2v) is 0.744. The molecular formula is C3H2Li2. The summed E-state index contributed by atoms with van der Waals surface area (Å²) in [6, 6.07) is 0. The van der Waals surface area contributed by atoms with E-state index >= 15 is 0 Å². The first kappa shape index (κ1) is 5.71. The summed E-state index contributed by atoms with van der Waals surface area (Å²) in [5.74, 6) is 0. The van der Waals surface area contributed by atoms with Crippen molar-refractivity contribution in [1.82, 2.24) is 0 Å². The predicted octanol–water partition coefficient (Wildman–Crippen LogP) is -0.0503. The Kier molecular flexibility index (Phi) is 5.39. The third kappa shape index (κ3) is 4.71. The van der Waals surface area contributed by atoms with Crippen LogP contribution in [0.25, 0.3) is 0 Å². The SMILES string of the molecule is [Li][CH]=C=[CH][Li]. The number of hydrogen-bond acceptors (Lipinski definition) is 0. The Morgan fingerprint density at radius 2 is 1.60 bits per heavy atom. The van der Waals surface area contributed by atoms with E-state index in [1.807, 2.05) is 44.9 Å². The molecule has 0 spiro atoms. The van der Waals surface area contributed by atoms with Gasteiger partial charge < -0.3 is 0 Å². The van der Waals surface area contributed by atoms with E-state index in [1.165, 1.54) is 0 Å². The van der Waals surface area contributed by atoms with Crippen LogP contribution in [0.4, 0.5) is 0 Å². The van der Waals surface area contributed by atoms with Crippen LogP contribution in [0.5, 0.6) is 0 Å². The number of hydrogen-bond donors (Lipinski definition) is 0. The Bertz CT molecular complexity index is 53.3. The molecule has 0 aromatic carbocycles. The van der Waals surface area contributed by atoms with Gasteiger partial charge in [-0.05, 0) is 0 Å². The molecule has 0 aliphatic heterocycles. The second kappa shape index (κ2) is 4.71. The molecule has 0 aromatic rings. The van der Waals surface area contributed by atoms with Gasteiger partial charge in [0, 0.05) is 0 Å². The first-order chi connectivity index (χ1) is 2.41. The van der Waals surface area contributed by atoms with Gasteiger partial charge in [-0.1, -0.05) is 0 Å². The van der Waals surface area contributed by atoms with Gasteiger partial charge in [0.15, 0.2) is 0 Å². The molecule has 0 rings (SSSR count). The van der Waals surface area contributed by atoms with Gasteiger partial charge in [-0.25, -0.2) is 0 Å². The minimum atomic E-state index is 1.88. The molecule has 0 heterocycles. The van der Waals surface area contributed by atoms with Crippen molar-refractivity contribution in [3.05, 3.63) is 15.2 Å². The van der Waals surface area contributed by atoms with Crippen LogP contribution in [0, 0.1) is 0 Å². The summed E-state index contributed by atoms with van der Waals surface area (Å²) < 4.78 is 3.75. The van der Waals surface area contributed by atoms with Crippen molar-refractivity contribution >= 4 is 35.4 Å². The summed E-state index contributed by atoms with van der Waals surface area (Å²) in [5.41, 5.74) is 2.86. The van der Waals surface area contributed by atoms with E-state index in [2.05, 4.69) is 5.73 Å². The zero-order chi connectivity index (χ0) is 4.12. The van der Waals surface area contributed by atoms with Crippen LogP contribution in [0.3, 0.4) is 0 Å². The van der Waals surface area contributed by atoms with Crippen LogP contribution in [-0.2, 0) is 0 Å². The van der Waals surface area contributed by atoms with E-state index in [-0.39, 0.29) is 0 Å². The maximum absolute atomic E-state index is 2.86. The fourth-order valence-corrected chi connectivity index (χ4v) is 0.167. The molecule has 0 bridgehead atoms. The molecule has 0 aliphatic rings. The van der Waals surface area contributed by atoms with Gasteiger partial charge in [-0.3, -0.25) is 0 Å². The van der Waals surface area contributed by atoms with Gasteiger partial charge in [0.2, 0.25) is 0 Å². The molecule has 0 saturated carbocycles. The topological polar surface area (TPSA) is 0 Å². The Morgan fingerprint density at radius 1 is 1.20 bits per heavy atom. The van der Waals surface area contributed by atoms with Crippen LogP contribution < -0.4 is 0 Å². The molecule has 0 nitrogen and oxygen atoms in total. The Hall–Kier alpha value is 0.715. The van der Waals surface area contributed by atoms with E-state index in [0.717, 1.165) is 0 Å². The zero-order valence-electron chi connectivity index (χ0n) is 3.65. The molecule has 0 atom stereocenters. The van der Waals surface area contributed by atoms with Crippen molar-refractivity contribution in [1.29, 1.82) is 0 Å². The third-order valence-electron chi connectivity index (χ3n) is 0.333. The summed E-state index contributed by atoms with van der Waals surface area (Å²) in [5, 5.41) is 0. The van der Waals surface area contributed by atoms with E-state index in [9.17, 15) is 0 Å². The van der Waals surface area contributed by atoms with Crippen LogP contribution in [0.2, 0.25) is 0 Å². The minimum absolute atomic E-state index is 1.88. The van der Waals surface area contributed by atoms with Crippen molar-refractivity contribution in [3.8, 4) is 0 Å². The average molecular weight is 51.9 g/mol. The summed E-state index contributed by atoms with van der Waals surface area (Å²) in [4.78, 5) is 0.